The Bertz CT molecular complexity index is 981. The Hall–Kier alpha value is -3.29. The van der Waals surface area contributed by atoms with Gasteiger partial charge in [0.15, 0.2) is 5.82 Å². The van der Waals surface area contributed by atoms with Crippen LogP contribution in [-0.4, -0.2) is 61.7 Å². The highest BCUT2D eigenvalue weighted by atomic mass is 16.2. The SMILES string of the molecule is O=C(C1CCCn2c(-c3ccccc3)nnc21)N1CCN(c2ncccn2)CC1. The van der Waals surface area contributed by atoms with Crippen LogP contribution in [0.4, 0.5) is 5.95 Å². The number of amides is 1. The van der Waals surface area contributed by atoms with Gasteiger partial charge in [-0.25, -0.2) is 9.97 Å². The molecule has 2 aromatic heterocycles. The van der Waals surface area contributed by atoms with Gasteiger partial charge in [-0.05, 0) is 18.9 Å². The van der Waals surface area contributed by atoms with E-state index in [1.807, 2.05) is 41.3 Å². The van der Waals surface area contributed by atoms with Crippen LogP contribution in [0.15, 0.2) is 48.8 Å². The molecule has 8 nitrogen and oxygen atoms in total. The Morgan fingerprint density at radius 1 is 0.897 bits per heavy atom. The van der Waals surface area contributed by atoms with E-state index in [0.29, 0.717) is 13.1 Å². The van der Waals surface area contributed by atoms with Crippen molar-refractivity contribution in [2.45, 2.75) is 25.3 Å². The van der Waals surface area contributed by atoms with Crippen molar-refractivity contribution in [2.24, 2.45) is 0 Å². The normalized spacial score (nSPS) is 19.1. The van der Waals surface area contributed by atoms with Crippen LogP contribution in [0.5, 0.6) is 0 Å². The molecule has 1 saturated heterocycles. The van der Waals surface area contributed by atoms with Crippen molar-refractivity contribution in [1.82, 2.24) is 29.6 Å². The number of piperazine rings is 1. The average molecular weight is 389 g/mol. The third kappa shape index (κ3) is 3.35. The molecule has 5 rings (SSSR count). The van der Waals surface area contributed by atoms with E-state index < -0.39 is 0 Å². The van der Waals surface area contributed by atoms with Gasteiger partial charge in [-0.3, -0.25) is 4.79 Å². The highest BCUT2D eigenvalue weighted by Gasteiger charge is 2.35. The maximum absolute atomic E-state index is 13.3. The topological polar surface area (TPSA) is 80.0 Å². The molecule has 1 unspecified atom stereocenters. The predicted octanol–water partition coefficient (Wildman–Crippen LogP) is 1.96. The van der Waals surface area contributed by atoms with E-state index >= 15 is 0 Å². The molecule has 2 aliphatic rings. The highest BCUT2D eigenvalue weighted by Crippen LogP contribution is 2.31. The molecule has 1 fully saturated rings. The minimum Gasteiger partial charge on any atom is -0.339 e. The molecule has 0 bridgehead atoms. The van der Waals surface area contributed by atoms with Crippen LogP contribution in [0.25, 0.3) is 11.4 Å². The first-order valence-corrected chi connectivity index (χ1v) is 10.1. The summed E-state index contributed by atoms with van der Waals surface area (Å²) in [5, 5.41) is 8.84. The van der Waals surface area contributed by atoms with Gasteiger partial charge in [-0.15, -0.1) is 10.2 Å². The van der Waals surface area contributed by atoms with Crippen molar-refractivity contribution in [1.29, 1.82) is 0 Å². The number of anilines is 1. The Morgan fingerprint density at radius 3 is 2.41 bits per heavy atom. The largest absolute Gasteiger partial charge is 0.339 e. The zero-order valence-electron chi connectivity index (χ0n) is 16.2. The molecular formula is C21H23N7O. The summed E-state index contributed by atoms with van der Waals surface area (Å²) in [5.74, 6) is 2.32. The van der Waals surface area contributed by atoms with E-state index in [1.54, 1.807) is 12.4 Å². The van der Waals surface area contributed by atoms with Crippen molar-refractivity contribution in [3.05, 3.63) is 54.6 Å². The van der Waals surface area contributed by atoms with Crippen LogP contribution >= 0.6 is 0 Å². The quantitative estimate of drug-likeness (QED) is 0.681. The fraction of sp³-hybridized carbons (Fsp3) is 0.381. The summed E-state index contributed by atoms with van der Waals surface area (Å²) in [5.41, 5.74) is 1.04. The van der Waals surface area contributed by atoms with Crippen molar-refractivity contribution in [2.75, 3.05) is 31.1 Å². The monoisotopic (exact) mass is 389 g/mol. The molecule has 1 aromatic carbocycles. The number of carbonyl (C=O) groups is 1. The Labute approximate surface area is 169 Å². The van der Waals surface area contributed by atoms with Crippen LogP contribution in [0.2, 0.25) is 0 Å². The van der Waals surface area contributed by atoms with Gasteiger partial charge in [0.05, 0.1) is 5.92 Å². The molecule has 1 amide bonds. The van der Waals surface area contributed by atoms with Crippen molar-refractivity contribution in [3.8, 4) is 11.4 Å². The number of aromatic nitrogens is 5. The molecule has 0 saturated carbocycles. The molecule has 0 spiro atoms. The van der Waals surface area contributed by atoms with Gasteiger partial charge in [0, 0.05) is 50.7 Å². The Kier molecular flexibility index (Phi) is 4.67. The molecule has 0 aliphatic carbocycles. The van der Waals surface area contributed by atoms with Crippen LogP contribution in [-0.2, 0) is 11.3 Å². The van der Waals surface area contributed by atoms with Gasteiger partial charge in [0.25, 0.3) is 0 Å². The van der Waals surface area contributed by atoms with Crippen LogP contribution in [0.3, 0.4) is 0 Å². The zero-order chi connectivity index (χ0) is 19.6. The summed E-state index contributed by atoms with van der Waals surface area (Å²) in [6.45, 7) is 3.69. The summed E-state index contributed by atoms with van der Waals surface area (Å²) < 4.78 is 2.12. The maximum atomic E-state index is 13.3. The fourth-order valence-corrected chi connectivity index (χ4v) is 4.21. The third-order valence-electron chi connectivity index (χ3n) is 5.72. The number of hydrogen-bond donors (Lipinski definition) is 0. The zero-order valence-corrected chi connectivity index (χ0v) is 16.2. The average Bonchev–Trinajstić information content (AvgIpc) is 3.24. The molecular weight excluding hydrogens is 366 g/mol. The second-order valence-corrected chi connectivity index (χ2v) is 7.46. The summed E-state index contributed by atoms with van der Waals surface area (Å²) in [7, 11) is 0. The fourth-order valence-electron chi connectivity index (χ4n) is 4.21. The smallest absolute Gasteiger partial charge is 0.233 e. The lowest BCUT2D eigenvalue weighted by Crippen LogP contribution is -2.51. The molecule has 148 valence electrons. The Balaban J connectivity index is 1.32. The van der Waals surface area contributed by atoms with Crippen molar-refractivity contribution in [3.63, 3.8) is 0 Å². The summed E-state index contributed by atoms with van der Waals surface area (Å²) >= 11 is 0. The summed E-state index contributed by atoms with van der Waals surface area (Å²) in [4.78, 5) is 26.0. The minimum atomic E-state index is -0.215. The van der Waals surface area contributed by atoms with Gasteiger partial charge >= 0.3 is 0 Å². The third-order valence-corrected chi connectivity index (χ3v) is 5.72. The molecule has 0 N–H and O–H groups in total. The number of nitrogens with zero attached hydrogens (tertiary/aromatic N) is 7. The summed E-state index contributed by atoms with van der Waals surface area (Å²) in [6, 6.07) is 11.9. The maximum Gasteiger partial charge on any atom is 0.233 e. The first-order chi connectivity index (χ1) is 14.3. The van der Waals surface area contributed by atoms with E-state index in [2.05, 4.69) is 29.6 Å². The van der Waals surface area contributed by atoms with Crippen molar-refractivity contribution < 1.29 is 4.79 Å². The van der Waals surface area contributed by atoms with Gasteiger partial charge in [0.1, 0.15) is 5.82 Å². The minimum absolute atomic E-state index is 0.159. The van der Waals surface area contributed by atoms with Gasteiger partial charge in [-0.2, -0.15) is 0 Å². The molecule has 1 atom stereocenters. The van der Waals surface area contributed by atoms with Crippen LogP contribution in [0, 0.1) is 0 Å². The van der Waals surface area contributed by atoms with Crippen LogP contribution in [0.1, 0.15) is 24.6 Å². The number of benzene rings is 1. The highest BCUT2D eigenvalue weighted by molar-refractivity contribution is 5.83. The first-order valence-electron chi connectivity index (χ1n) is 10.1. The van der Waals surface area contributed by atoms with E-state index in [9.17, 15) is 4.79 Å². The molecule has 4 heterocycles. The summed E-state index contributed by atoms with van der Waals surface area (Å²) in [6.07, 6.45) is 5.28. The number of carbonyl (C=O) groups excluding carboxylic acids is 1. The lowest BCUT2D eigenvalue weighted by molar-refractivity contribution is -0.133. The van der Waals surface area contributed by atoms with Crippen LogP contribution < -0.4 is 4.90 Å². The lowest BCUT2D eigenvalue weighted by atomic mass is 9.96. The number of rotatable bonds is 3. The first kappa shape index (κ1) is 17.8. The van der Waals surface area contributed by atoms with Gasteiger partial charge in [0.2, 0.25) is 11.9 Å². The standard InChI is InChI=1S/C21H23N7O/c29-20(26-12-14-27(15-13-26)21-22-9-5-10-23-21)17-8-4-11-28-18(24-25-19(17)28)16-6-2-1-3-7-16/h1-3,5-7,9-10,17H,4,8,11-15H2. The second kappa shape index (κ2) is 7.62. The second-order valence-electron chi connectivity index (χ2n) is 7.46. The molecule has 8 heteroatoms. The lowest BCUT2D eigenvalue weighted by Gasteiger charge is -2.37. The molecule has 3 aromatic rings. The van der Waals surface area contributed by atoms with E-state index in [0.717, 1.165) is 55.6 Å². The van der Waals surface area contributed by atoms with Crippen molar-refractivity contribution >= 4 is 11.9 Å². The molecule has 2 aliphatic heterocycles. The van der Waals surface area contributed by atoms with E-state index in [1.165, 1.54) is 0 Å². The number of fused-ring (bicyclic) bond motifs is 1. The van der Waals surface area contributed by atoms with E-state index in [4.69, 9.17) is 0 Å². The van der Waals surface area contributed by atoms with Gasteiger partial charge in [-0.1, -0.05) is 30.3 Å². The number of hydrogen-bond acceptors (Lipinski definition) is 6. The Morgan fingerprint density at radius 2 is 1.66 bits per heavy atom. The molecule has 29 heavy (non-hydrogen) atoms. The van der Waals surface area contributed by atoms with Gasteiger partial charge < -0.3 is 14.4 Å². The van der Waals surface area contributed by atoms with E-state index in [-0.39, 0.29) is 11.8 Å². The predicted molar refractivity (Wildman–Crippen MR) is 108 cm³/mol. The molecule has 0 radical (unpaired) electrons.